The van der Waals surface area contributed by atoms with Crippen LogP contribution in [0.15, 0.2) is 14.7 Å². The van der Waals surface area contributed by atoms with Crippen molar-refractivity contribution in [3.8, 4) is 0 Å². The van der Waals surface area contributed by atoms with Crippen molar-refractivity contribution in [2.75, 3.05) is 5.75 Å². The Morgan fingerprint density at radius 1 is 1.10 bits per heavy atom. The van der Waals surface area contributed by atoms with Crippen molar-refractivity contribution in [3.63, 3.8) is 0 Å². The first kappa shape index (κ1) is 14.1. The van der Waals surface area contributed by atoms with Crippen LogP contribution >= 0.6 is 0 Å². The largest absolute Gasteiger partial charge is 0.332 e. The van der Waals surface area contributed by atoms with Crippen LogP contribution in [-0.4, -0.2) is 32.9 Å². The molecule has 0 unspecified atom stereocenters. The van der Waals surface area contributed by atoms with Crippen LogP contribution in [-0.2, 0) is 31.0 Å². The standard InChI is InChI=1S/C12H16N4O4S/c1-14-8-9(15(2)12(18)16(3)10(8)17)13-11(14)21(19,20)6-7-4-5-7/h7H,4-6H2,1-3H3. The normalized spacial score (nSPS) is 15.8. The van der Waals surface area contributed by atoms with Gasteiger partial charge in [0.15, 0.2) is 11.2 Å². The fourth-order valence-electron chi connectivity index (χ4n) is 2.45. The summed E-state index contributed by atoms with van der Waals surface area (Å²) in [5.74, 6) is 0.222. The molecule has 0 saturated heterocycles. The lowest BCUT2D eigenvalue weighted by Gasteiger charge is -2.04. The highest BCUT2D eigenvalue weighted by atomic mass is 32.2. The third-order valence-corrected chi connectivity index (χ3v) is 5.70. The lowest BCUT2D eigenvalue weighted by atomic mass is 10.5. The van der Waals surface area contributed by atoms with Crippen molar-refractivity contribution in [2.24, 2.45) is 27.1 Å². The Morgan fingerprint density at radius 3 is 2.29 bits per heavy atom. The molecule has 1 saturated carbocycles. The average Bonchev–Trinajstić information content (AvgIpc) is 3.13. The Kier molecular flexibility index (Phi) is 2.88. The lowest BCUT2D eigenvalue weighted by Crippen LogP contribution is -2.37. The topological polar surface area (TPSA) is 96.0 Å². The third kappa shape index (κ3) is 2.03. The summed E-state index contributed by atoms with van der Waals surface area (Å²) < 4.78 is 28.2. The zero-order chi connectivity index (χ0) is 15.5. The summed E-state index contributed by atoms with van der Waals surface area (Å²) in [5.41, 5.74) is -0.860. The predicted octanol–water partition coefficient (Wildman–Crippen LogP) is -0.846. The number of aromatic nitrogens is 4. The first-order valence-corrected chi connectivity index (χ1v) is 8.24. The molecule has 9 heteroatoms. The second-order valence-corrected chi connectivity index (χ2v) is 7.48. The van der Waals surface area contributed by atoms with Crippen molar-refractivity contribution in [1.82, 2.24) is 18.7 Å². The lowest BCUT2D eigenvalue weighted by molar-refractivity contribution is 0.576. The van der Waals surface area contributed by atoms with E-state index in [2.05, 4.69) is 4.98 Å². The average molecular weight is 312 g/mol. The molecule has 0 aromatic carbocycles. The van der Waals surface area contributed by atoms with Crippen LogP contribution in [0.2, 0.25) is 0 Å². The minimum Gasteiger partial charge on any atom is -0.312 e. The van der Waals surface area contributed by atoms with Gasteiger partial charge in [0.25, 0.3) is 5.56 Å². The molecular weight excluding hydrogens is 296 g/mol. The number of fused-ring (bicyclic) bond motifs is 1. The van der Waals surface area contributed by atoms with E-state index in [-0.39, 0.29) is 28.0 Å². The molecule has 21 heavy (non-hydrogen) atoms. The Hall–Kier alpha value is -1.90. The summed E-state index contributed by atoms with van der Waals surface area (Å²) >= 11 is 0. The van der Waals surface area contributed by atoms with Crippen LogP contribution in [0.4, 0.5) is 0 Å². The third-order valence-electron chi connectivity index (χ3n) is 3.86. The summed E-state index contributed by atoms with van der Waals surface area (Å²) in [6.45, 7) is 0. The SMILES string of the molecule is Cn1c(=O)c2c(nc(S(=O)(=O)CC3CC3)n2C)n(C)c1=O. The number of hydrogen-bond acceptors (Lipinski definition) is 5. The van der Waals surface area contributed by atoms with Crippen LogP contribution < -0.4 is 11.2 Å². The number of aryl methyl sites for hydroxylation is 2. The first-order valence-electron chi connectivity index (χ1n) is 6.59. The minimum atomic E-state index is -3.56. The van der Waals surface area contributed by atoms with Crippen molar-refractivity contribution >= 4 is 21.0 Å². The molecule has 1 aliphatic carbocycles. The van der Waals surface area contributed by atoms with Gasteiger partial charge in [-0.1, -0.05) is 0 Å². The quantitative estimate of drug-likeness (QED) is 0.736. The van der Waals surface area contributed by atoms with E-state index < -0.39 is 21.1 Å². The molecule has 2 aromatic heterocycles. The van der Waals surface area contributed by atoms with Gasteiger partial charge in [0.2, 0.25) is 15.0 Å². The summed E-state index contributed by atoms with van der Waals surface area (Å²) in [7, 11) is 0.750. The number of nitrogens with zero attached hydrogens (tertiary/aromatic N) is 4. The van der Waals surface area contributed by atoms with E-state index in [0.29, 0.717) is 0 Å². The van der Waals surface area contributed by atoms with Crippen LogP contribution in [0.25, 0.3) is 11.2 Å². The van der Waals surface area contributed by atoms with E-state index in [1.54, 1.807) is 0 Å². The molecule has 0 radical (unpaired) electrons. The Bertz CT molecular complexity index is 960. The summed E-state index contributed by atoms with van der Waals surface area (Å²) in [6, 6.07) is 0. The van der Waals surface area contributed by atoms with Gasteiger partial charge < -0.3 is 4.57 Å². The van der Waals surface area contributed by atoms with E-state index in [9.17, 15) is 18.0 Å². The maximum atomic E-state index is 12.4. The van der Waals surface area contributed by atoms with E-state index in [4.69, 9.17) is 0 Å². The van der Waals surface area contributed by atoms with Gasteiger partial charge in [-0.25, -0.2) is 13.2 Å². The van der Waals surface area contributed by atoms with Crippen molar-refractivity contribution in [1.29, 1.82) is 0 Å². The number of hydrogen-bond donors (Lipinski definition) is 0. The van der Waals surface area contributed by atoms with Gasteiger partial charge in [-0.05, 0) is 18.8 Å². The zero-order valence-electron chi connectivity index (χ0n) is 12.0. The molecule has 0 aliphatic heterocycles. The minimum absolute atomic E-state index is 0.0401. The van der Waals surface area contributed by atoms with Crippen molar-refractivity contribution in [3.05, 3.63) is 20.8 Å². The van der Waals surface area contributed by atoms with Crippen LogP contribution in [0.3, 0.4) is 0 Å². The Morgan fingerprint density at radius 2 is 1.71 bits per heavy atom. The maximum absolute atomic E-state index is 12.4. The first-order chi connectivity index (χ1) is 9.74. The van der Waals surface area contributed by atoms with Gasteiger partial charge in [0.05, 0.1) is 5.75 Å². The molecule has 3 rings (SSSR count). The van der Waals surface area contributed by atoms with E-state index in [1.807, 2.05) is 0 Å². The van der Waals surface area contributed by atoms with Crippen molar-refractivity contribution in [2.45, 2.75) is 18.0 Å². The highest BCUT2D eigenvalue weighted by Gasteiger charge is 2.33. The summed E-state index contributed by atoms with van der Waals surface area (Å²) in [4.78, 5) is 28.1. The van der Waals surface area contributed by atoms with Gasteiger partial charge in [-0.2, -0.15) is 4.98 Å². The van der Waals surface area contributed by atoms with E-state index in [1.165, 1.54) is 30.3 Å². The van der Waals surface area contributed by atoms with Gasteiger partial charge in [-0.15, -0.1) is 0 Å². The molecule has 8 nitrogen and oxygen atoms in total. The van der Waals surface area contributed by atoms with Gasteiger partial charge in [0.1, 0.15) is 0 Å². The monoisotopic (exact) mass is 312 g/mol. The number of sulfone groups is 1. The zero-order valence-corrected chi connectivity index (χ0v) is 12.8. The second-order valence-electron chi connectivity index (χ2n) is 5.56. The molecule has 0 spiro atoms. The molecule has 0 atom stereocenters. The molecule has 2 heterocycles. The van der Waals surface area contributed by atoms with Crippen LogP contribution in [0.1, 0.15) is 12.8 Å². The number of rotatable bonds is 3. The second kappa shape index (κ2) is 4.30. The Labute approximate surface area is 120 Å². The van der Waals surface area contributed by atoms with Crippen molar-refractivity contribution < 1.29 is 8.42 Å². The summed E-state index contributed by atoms with van der Waals surface area (Å²) in [5, 5.41) is -0.150. The molecule has 0 amide bonds. The molecule has 0 bridgehead atoms. The smallest absolute Gasteiger partial charge is 0.312 e. The van der Waals surface area contributed by atoms with Crippen LogP contribution in [0, 0.1) is 5.92 Å². The number of imidazole rings is 1. The Balaban J connectivity index is 2.35. The van der Waals surface area contributed by atoms with E-state index >= 15 is 0 Å². The van der Waals surface area contributed by atoms with Gasteiger partial charge >= 0.3 is 5.69 Å². The molecule has 1 fully saturated rings. The highest BCUT2D eigenvalue weighted by Crippen LogP contribution is 2.32. The predicted molar refractivity (Wildman–Crippen MR) is 76.0 cm³/mol. The molecular formula is C12H16N4O4S. The highest BCUT2D eigenvalue weighted by molar-refractivity contribution is 7.91. The molecule has 0 N–H and O–H groups in total. The fourth-order valence-corrected chi connectivity index (χ4v) is 4.28. The molecule has 114 valence electrons. The molecule has 2 aromatic rings. The van der Waals surface area contributed by atoms with Gasteiger partial charge in [-0.3, -0.25) is 13.9 Å². The fraction of sp³-hybridized carbons (Fsp3) is 0.583. The van der Waals surface area contributed by atoms with E-state index in [0.717, 1.165) is 17.4 Å². The van der Waals surface area contributed by atoms with Gasteiger partial charge in [0, 0.05) is 21.1 Å². The maximum Gasteiger partial charge on any atom is 0.332 e. The summed E-state index contributed by atoms with van der Waals surface area (Å²) in [6.07, 6.45) is 1.81. The molecule has 1 aliphatic rings. The van der Waals surface area contributed by atoms with Crippen LogP contribution in [0.5, 0.6) is 0 Å².